The zero-order valence-electron chi connectivity index (χ0n) is 14.0. The lowest BCUT2D eigenvalue weighted by molar-refractivity contribution is -0.125. The first kappa shape index (κ1) is 15.6. The van der Waals surface area contributed by atoms with Crippen LogP contribution in [0.5, 0.6) is 0 Å². The maximum Gasteiger partial charge on any atom is 0.243 e. The van der Waals surface area contributed by atoms with E-state index >= 15 is 0 Å². The van der Waals surface area contributed by atoms with Crippen LogP contribution in [0, 0.1) is 5.92 Å². The molecule has 1 aliphatic heterocycles. The fourth-order valence-electron chi connectivity index (χ4n) is 3.16. The Labute approximate surface area is 145 Å². The van der Waals surface area contributed by atoms with Crippen LogP contribution in [-0.4, -0.2) is 16.6 Å². The number of nitrogens with zero attached hydrogens (tertiary/aromatic N) is 2. The summed E-state index contributed by atoms with van der Waals surface area (Å²) in [5.74, 6) is 0.607. The van der Waals surface area contributed by atoms with Gasteiger partial charge in [0.05, 0.1) is 5.71 Å². The van der Waals surface area contributed by atoms with Crippen LogP contribution in [0.3, 0.4) is 0 Å². The average molecular weight is 333 g/mol. The molecule has 1 atom stereocenters. The Bertz CT molecular complexity index is 944. The quantitative estimate of drug-likeness (QED) is 0.780. The van der Waals surface area contributed by atoms with Crippen molar-refractivity contribution in [3.05, 3.63) is 54.1 Å². The molecule has 3 aromatic rings. The second-order valence-electron chi connectivity index (χ2n) is 6.29. The predicted octanol–water partition coefficient (Wildman–Crippen LogP) is 4.14. The molecule has 0 saturated carbocycles. The van der Waals surface area contributed by atoms with Crippen LogP contribution in [-0.2, 0) is 4.79 Å². The molecule has 2 aromatic carbocycles. The van der Waals surface area contributed by atoms with Crippen molar-refractivity contribution in [3.8, 4) is 11.5 Å². The lowest BCUT2D eigenvalue weighted by Crippen LogP contribution is -2.34. The number of amides is 1. The van der Waals surface area contributed by atoms with Crippen molar-refractivity contribution >= 4 is 22.7 Å². The molecular weight excluding hydrogens is 314 g/mol. The standard InChI is InChI=1S/C20H19N3O2/c1-2-6-15-11-17(22-23-19(15)24)14-9-10-16-18(12-14)25-20(21-16)13-7-4-3-5-8-13/h3-5,7-10,12,15H,2,6,11H2,1H3,(H,23,24). The van der Waals surface area contributed by atoms with E-state index in [2.05, 4.69) is 22.4 Å². The highest BCUT2D eigenvalue weighted by Gasteiger charge is 2.25. The van der Waals surface area contributed by atoms with E-state index in [0.717, 1.165) is 40.8 Å². The van der Waals surface area contributed by atoms with E-state index < -0.39 is 0 Å². The maximum absolute atomic E-state index is 11.9. The van der Waals surface area contributed by atoms with Gasteiger partial charge in [0, 0.05) is 23.5 Å². The Hall–Kier alpha value is -2.95. The Morgan fingerprint density at radius 3 is 2.80 bits per heavy atom. The first-order chi connectivity index (χ1) is 12.2. The summed E-state index contributed by atoms with van der Waals surface area (Å²) in [6, 6.07) is 15.7. The van der Waals surface area contributed by atoms with Gasteiger partial charge >= 0.3 is 0 Å². The second kappa shape index (κ2) is 6.51. The molecule has 1 aromatic heterocycles. The van der Waals surface area contributed by atoms with Gasteiger partial charge in [-0.1, -0.05) is 37.6 Å². The van der Waals surface area contributed by atoms with Crippen LogP contribution in [0.1, 0.15) is 31.7 Å². The Morgan fingerprint density at radius 1 is 1.16 bits per heavy atom. The third kappa shape index (κ3) is 3.05. The average Bonchev–Trinajstić information content (AvgIpc) is 3.08. The minimum atomic E-state index is -0.0113. The van der Waals surface area contributed by atoms with Crippen molar-refractivity contribution in [1.29, 1.82) is 0 Å². The largest absolute Gasteiger partial charge is 0.436 e. The van der Waals surface area contributed by atoms with E-state index in [0.29, 0.717) is 12.3 Å². The third-order valence-electron chi connectivity index (χ3n) is 4.49. The normalized spacial score (nSPS) is 17.4. The second-order valence-corrected chi connectivity index (χ2v) is 6.29. The number of aromatic nitrogens is 1. The maximum atomic E-state index is 11.9. The third-order valence-corrected chi connectivity index (χ3v) is 4.49. The monoisotopic (exact) mass is 333 g/mol. The van der Waals surface area contributed by atoms with Gasteiger partial charge in [-0.2, -0.15) is 5.10 Å². The van der Waals surface area contributed by atoms with Crippen molar-refractivity contribution in [2.24, 2.45) is 11.0 Å². The number of rotatable bonds is 4. The highest BCUT2D eigenvalue weighted by molar-refractivity contribution is 6.06. The van der Waals surface area contributed by atoms with Crippen LogP contribution < -0.4 is 5.43 Å². The van der Waals surface area contributed by atoms with E-state index in [1.807, 2.05) is 48.5 Å². The van der Waals surface area contributed by atoms with E-state index in [-0.39, 0.29) is 11.8 Å². The minimum absolute atomic E-state index is 0.0113. The van der Waals surface area contributed by atoms with Gasteiger partial charge in [-0.25, -0.2) is 10.4 Å². The number of oxazole rings is 1. The molecule has 4 rings (SSSR count). The molecule has 0 saturated heterocycles. The summed E-state index contributed by atoms with van der Waals surface area (Å²) in [5, 5.41) is 4.24. The molecule has 0 spiro atoms. The summed E-state index contributed by atoms with van der Waals surface area (Å²) in [6.45, 7) is 2.09. The molecule has 0 fully saturated rings. The van der Waals surface area contributed by atoms with Gasteiger partial charge in [0.15, 0.2) is 5.58 Å². The first-order valence-corrected chi connectivity index (χ1v) is 8.57. The molecule has 2 heterocycles. The van der Waals surface area contributed by atoms with Gasteiger partial charge in [0.1, 0.15) is 5.52 Å². The number of nitrogens with one attached hydrogen (secondary N) is 1. The number of fused-ring (bicyclic) bond motifs is 1. The molecule has 1 N–H and O–H groups in total. The minimum Gasteiger partial charge on any atom is -0.436 e. The van der Waals surface area contributed by atoms with E-state index in [1.165, 1.54) is 0 Å². The number of hydrogen-bond donors (Lipinski definition) is 1. The number of carbonyl (C=O) groups is 1. The zero-order chi connectivity index (χ0) is 17.2. The molecule has 0 bridgehead atoms. The van der Waals surface area contributed by atoms with Crippen LogP contribution in [0.25, 0.3) is 22.6 Å². The van der Waals surface area contributed by atoms with Crippen molar-refractivity contribution < 1.29 is 9.21 Å². The van der Waals surface area contributed by atoms with Crippen molar-refractivity contribution in [2.45, 2.75) is 26.2 Å². The van der Waals surface area contributed by atoms with Gasteiger partial charge < -0.3 is 4.42 Å². The Morgan fingerprint density at radius 2 is 2.00 bits per heavy atom. The number of benzene rings is 2. The van der Waals surface area contributed by atoms with Gasteiger partial charge in [-0.15, -0.1) is 0 Å². The Kier molecular flexibility index (Phi) is 4.06. The van der Waals surface area contributed by atoms with Crippen LogP contribution in [0.2, 0.25) is 0 Å². The molecule has 0 aliphatic carbocycles. The van der Waals surface area contributed by atoms with Gasteiger partial charge in [0.2, 0.25) is 11.8 Å². The van der Waals surface area contributed by atoms with Crippen molar-refractivity contribution in [3.63, 3.8) is 0 Å². The molecule has 5 heteroatoms. The van der Waals surface area contributed by atoms with Gasteiger partial charge in [0.25, 0.3) is 0 Å². The van der Waals surface area contributed by atoms with Gasteiger partial charge in [-0.05, 0) is 30.7 Å². The topological polar surface area (TPSA) is 67.5 Å². The first-order valence-electron chi connectivity index (χ1n) is 8.57. The van der Waals surface area contributed by atoms with E-state index in [1.54, 1.807) is 0 Å². The summed E-state index contributed by atoms with van der Waals surface area (Å²) in [7, 11) is 0. The lowest BCUT2D eigenvalue weighted by atomic mass is 9.92. The highest BCUT2D eigenvalue weighted by atomic mass is 16.3. The summed E-state index contributed by atoms with van der Waals surface area (Å²) in [6.07, 6.45) is 2.51. The number of carbonyl (C=O) groups excluding carboxylic acids is 1. The molecule has 5 nitrogen and oxygen atoms in total. The summed E-state index contributed by atoms with van der Waals surface area (Å²) in [5.41, 5.74) is 6.98. The van der Waals surface area contributed by atoms with Crippen molar-refractivity contribution in [2.75, 3.05) is 0 Å². The van der Waals surface area contributed by atoms with E-state index in [4.69, 9.17) is 4.42 Å². The molecule has 126 valence electrons. The van der Waals surface area contributed by atoms with Crippen LogP contribution >= 0.6 is 0 Å². The summed E-state index contributed by atoms with van der Waals surface area (Å²) < 4.78 is 5.93. The SMILES string of the molecule is CCCC1CC(c2ccc3nc(-c4ccccc4)oc3c2)=NNC1=O. The number of hydrogen-bond acceptors (Lipinski definition) is 4. The Balaban J connectivity index is 1.66. The molecule has 25 heavy (non-hydrogen) atoms. The zero-order valence-corrected chi connectivity index (χ0v) is 14.0. The fraction of sp³-hybridized carbons (Fsp3) is 0.250. The van der Waals surface area contributed by atoms with Gasteiger partial charge in [-0.3, -0.25) is 4.79 Å². The smallest absolute Gasteiger partial charge is 0.243 e. The molecule has 1 unspecified atom stereocenters. The lowest BCUT2D eigenvalue weighted by Gasteiger charge is -2.20. The number of hydrazone groups is 1. The van der Waals surface area contributed by atoms with Crippen LogP contribution in [0.4, 0.5) is 0 Å². The molecule has 0 radical (unpaired) electrons. The molecule has 1 amide bonds. The molecular formula is C20H19N3O2. The molecule has 1 aliphatic rings. The highest BCUT2D eigenvalue weighted by Crippen LogP contribution is 2.26. The van der Waals surface area contributed by atoms with Crippen molar-refractivity contribution in [1.82, 2.24) is 10.4 Å². The van der Waals surface area contributed by atoms with E-state index in [9.17, 15) is 4.79 Å². The summed E-state index contributed by atoms with van der Waals surface area (Å²) >= 11 is 0. The predicted molar refractivity (Wildman–Crippen MR) is 97.1 cm³/mol. The fourth-order valence-corrected chi connectivity index (χ4v) is 3.16. The summed E-state index contributed by atoms with van der Waals surface area (Å²) in [4.78, 5) is 16.4. The van der Waals surface area contributed by atoms with Crippen LogP contribution in [0.15, 0.2) is 58.0 Å².